The van der Waals surface area contributed by atoms with E-state index in [1.165, 1.54) is 19.3 Å². The van der Waals surface area contributed by atoms with Gasteiger partial charge >= 0.3 is 6.09 Å². The summed E-state index contributed by atoms with van der Waals surface area (Å²) in [5.74, 6) is 0.116. The number of alkyl carbamates (subject to hydrolysis) is 1. The summed E-state index contributed by atoms with van der Waals surface area (Å²) in [6.07, 6.45) is 9.51. The summed E-state index contributed by atoms with van der Waals surface area (Å²) < 4.78 is 10.6. The number of unbranched alkanes of at least 4 members (excludes halogenated alkanes) is 3. The predicted molar refractivity (Wildman–Crippen MR) is 124 cm³/mol. The Morgan fingerprint density at radius 1 is 1.03 bits per heavy atom. The van der Waals surface area contributed by atoms with Crippen molar-refractivity contribution in [2.24, 2.45) is 0 Å². The first-order chi connectivity index (χ1) is 15.3. The Labute approximate surface area is 194 Å². The van der Waals surface area contributed by atoms with Crippen molar-refractivity contribution in [2.75, 3.05) is 46.0 Å². The standard InChI is InChI=1S/C24H45N3O5/c1-24(2,3)32-23(29)25-14-10-5-4-9-13-22(28)27(21-11-7-6-8-12-21)31-20-17-26-15-18-30-19-16-26/h21H,4-20H2,1-3H3,(H,25,29). The molecule has 0 unspecified atom stereocenters. The summed E-state index contributed by atoms with van der Waals surface area (Å²) in [6, 6.07) is 0.221. The van der Waals surface area contributed by atoms with Gasteiger partial charge in [0.25, 0.3) is 0 Å². The van der Waals surface area contributed by atoms with Crippen LogP contribution >= 0.6 is 0 Å². The van der Waals surface area contributed by atoms with Crippen molar-refractivity contribution in [1.82, 2.24) is 15.3 Å². The highest BCUT2D eigenvalue weighted by Crippen LogP contribution is 2.24. The molecular formula is C24H45N3O5. The fourth-order valence-corrected chi connectivity index (χ4v) is 4.16. The van der Waals surface area contributed by atoms with Crippen molar-refractivity contribution in [3.8, 4) is 0 Å². The zero-order valence-corrected chi connectivity index (χ0v) is 20.5. The van der Waals surface area contributed by atoms with E-state index in [4.69, 9.17) is 14.3 Å². The summed E-state index contributed by atoms with van der Waals surface area (Å²) in [7, 11) is 0. The fourth-order valence-electron chi connectivity index (χ4n) is 4.16. The Morgan fingerprint density at radius 3 is 2.41 bits per heavy atom. The molecule has 1 N–H and O–H groups in total. The van der Waals surface area contributed by atoms with Gasteiger partial charge in [-0.25, -0.2) is 9.86 Å². The maximum absolute atomic E-state index is 12.9. The largest absolute Gasteiger partial charge is 0.444 e. The second kappa shape index (κ2) is 14.7. The fraction of sp³-hybridized carbons (Fsp3) is 0.917. The highest BCUT2D eigenvalue weighted by atomic mass is 16.7. The molecule has 1 saturated heterocycles. The summed E-state index contributed by atoms with van der Waals surface area (Å²) in [4.78, 5) is 33.0. The molecule has 186 valence electrons. The van der Waals surface area contributed by atoms with Crippen LogP contribution in [-0.2, 0) is 19.1 Å². The van der Waals surface area contributed by atoms with E-state index in [1.807, 2.05) is 20.8 Å². The number of nitrogens with one attached hydrogen (secondary N) is 1. The van der Waals surface area contributed by atoms with Gasteiger partial charge in [0, 0.05) is 32.6 Å². The van der Waals surface area contributed by atoms with Crippen LogP contribution in [0.1, 0.15) is 85.0 Å². The van der Waals surface area contributed by atoms with E-state index in [-0.39, 0.29) is 18.0 Å². The number of amides is 2. The lowest BCUT2D eigenvalue weighted by atomic mass is 9.95. The average molecular weight is 456 g/mol. The van der Waals surface area contributed by atoms with Crippen LogP contribution in [0.2, 0.25) is 0 Å². The van der Waals surface area contributed by atoms with E-state index < -0.39 is 5.60 Å². The van der Waals surface area contributed by atoms with Crippen molar-refractivity contribution in [1.29, 1.82) is 0 Å². The summed E-state index contributed by atoms with van der Waals surface area (Å²) in [6.45, 7) is 11.0. The van der Waals surface area contributed by atoms with Crippen LogP contribution in [0.4, 0.5) is 4.79 Å². The Balaban J connectivity index is 1.62. The van der Waals surface area contributed by atoms with Crippen LogP contribution in [0.15, 0.2) is 0 Å². The molecule has 1 saturated carbocycles. The smallest absolute Gasteiger partial charge is 0.407 e. The second-order valence-electron chi connectivity index (χ2n) is 9.89. The lowest BCUT2D eigenvalue weighted by molar-refractivity contribution is -0.205. The number of morpholine rings is 1. The second-order valence-corrected chi connectivity index (χ2v) is 9.89. The molecule has 8 nitrogen and oxygen atoms in total. The number of hydrogen-bond donors (Lipinski definition) is 1. The van der Waals surface area contributed by atoms with Crippen LogP contribution in [0.5, 0.6) is 0 Å². The lowest BCUT2D eigenvalue weighted by Crippen LogP contribution is -2.44. The van der Waals surface area contributed by atoms with E-state index >= 15 is 0 Å². The first-order valence-electron chi connectivity index (χ1n) is 12.6. The molecule has 32 heavy (non-hydrogen) atoms. The molecule has 2 aliphatic rings. The van der Waals surface area contributed by atoms with Gasteiger partial charge in [-0.1, -0.05) is 32.1 Å². The summed E-state index contributed by atoms with van der Waals surface area (Å²) in [5.41, 5.74) is -0.473. The predicted octanol–water partition coefficient (Wildman–Crippen LogP) is 3.89. The average Bonchev–Trinajstić information content (AvgIpc) is 2.76. The van der Waals surface area contributed by atoms with Crippen LogP contribution in [0.25, 0.3) is 0 Å². The van der Waals surface area contributed by atoms with Gasteiger partial charge in [-0.15, -0.1) is 0 Å². The number of ether oxygens (including phenoxy) is 2. The minimum absolute atomic E-state index is 0.116. The number of carbonyl (C=O) groups is 2. The van der Waals surface area contributed by atoms with E-state index in [9.17, 15) is 9.59 Å². The molecule has 0 atom stereocenters. The van der Waals surface area contributed by atoms with Crippen molar-refractivity contribution in [3.05, 3.63) is 0 Å². The van der Waals surface area contributed by atoms with Gasteiger partial charge in [-0.2, -0.15) is 0 Å². The molecule has 1 heterocycles. The molecule has 1 aliphatic heterocycles. The minimum atomic E-state index is -0.473. The number of hydroxylamine groups is 2. The Hall–Kier alpha value is -1.38. The van der Waals surface area contributed by atoms with Gasteiger partial charge in [-0.3, -0.25) is 14.5 Å². The van der Waals surface area contributed by atoms with Crippen molar-refractivity contribution in [3.63, 3.8) is 0 Å². The van der Waals surface area contributed by atoms with E-state index in [1.54, 1.807) is 5.06 Å². The Morgan fingerprint density at radius 2 is 1.72 bits per heavy atom. The first kappa shape index (κ1) is 26.9. The normalized spacial score (nSPS) is 18.3. The molecular weight excluding hydrogens is 410 g/mol. The summed E-state index contributed by atoms with van der Waals surface area (Å²) in [5, 5.41) is 4.49. The highest BCUT2D eigenvalue weighted by Gasteiger charge is 2.26. The van der Waals surface area contributed by atoms with Crippen LogP contribution in [-0.4, -0.2) is 79.6 Å². The molecule has 0 aromatic heterocycles. The molecule has 0 aromatic carbocycles. The zero-order chi connectivity index (χ0) is 23.2. The van der Waals surface area contributed by atoms with Crippen molar-refractivity contribution < 1.29 is 23.9 Å². The Kier molecular flexibility index (Phi) is 12.3. The highest BCUT2D eigenvalue weighted by molar-refractivity contribution is 5.75. The molecule has 8 heteroatoms. The molecule has 0 bridgehead atoms. The van der Waals surface area contributed by atoms with E-state index in [0.717, 1.165) is 71.4 Å². The molecule has 1 aliphatic carbocycles. The van der Waals surface area contributed by atoms with E-state index in [2.05, 4.69) is 10.2 Å². The maximum Gasteiger partial charge on any atom is 0.407 e. The molecule has 0 aromatic rings. The Bertz CT molecular complexity index is 540. The lowest BCUT2D eigenvalue weighted by Gasteiger charge is -2.34. The number of hydrogen-bond acceptors (Lipinski definition) is 6. The minimum Gasteiger partial charge on any atom is -0.444 e. The quantitative estimate of drug-likeness (QED) is 0.355. The summed E-state index contributed by atoms with van der Waals surface area (Å²) >= 11 is 0. The van der Waals surface area contributed by atoms with Crippen molar-refractivity contribution in [2.45, 2.75) is 96.6 Å². The molecule has 0 spiro atoms. The van der Waals surface area contributed by atoms with Gasteiger partial charge in [0.05, 0.1) is 25.9 Å². The van der Waals surface area contributed by atoms with Gasteiger partial charge in [-0.05, 0) is 46.5 Å². The van der Waals surface area contributed by atoms with Gasteiger partial charge < -0.3 is 14.8 Å². The molecule has 2 fully saturated rings. The maximum atomic E-state index is 12.9. The number of nitrogens with zero attached hydrogens (tertiary/aromatic N) is 2. The zero-order valence-electron chi connectivity index (χ0n) is 20.5. The van der Waals surface area contributed by atoms with E-state index in [0.29, 0.717) is 19.6 Å². The molecule has 2 amide bonds. The topological polar surface area (TPSA) is 80.3 Å². The van der Waals surface area contributed by atoms with Crippen LogP contribution < -0.4 is 5.32 Å². The third kappa shape index (κ3) is 11.5. The molecule has 2 rings (SSSR count). The van der Waals surface area contributed by atoms with Crippen LogP contribution in [0, 0.1) is 0 Å². The SMILES string of the molecule is CC(C)(C)OC(=O)NCCCCCCC(=O)N(OCCN1CCOCC1)C1CCCCC1. The molecule has 0 radical (unpaired) electrons. The van der Waals surface area contributed by atoms with Gasteiger partial charge in [0.15, 0.2) is 0 Å². The van der Waals surface area contributed by atoms with Crippen molar-refractivity contribution >= 4 is 12.0 Å². The first-order valence-corrected chi connectivity index (χ1v) is 12.6. The monoisotopic (exact) mass is 455 g/mol. The number of rotatable bonds is 12. The third-order valence-corrected chi connectivity index (χ3v) is 5.88. The van der Waals surface area contributed by atoms with Gasteiger partial charge in [0.1, 0.15) is 5.60 Å². The van der Waals surface area contributed by atoms with Crippen LogP contribution in [0.3, 0.4) is 0 Å². The van der Waals surface area contributed by atoms with Gasteiger partial charge in [0.2, 0.25) is 5.91 Å². The third-order valence-electron chi connectivity index (χ3n) is 5.88. The number of carbonyl (C=O) groups excluding carboxylic acids is 2.